The normalized spacial score (nSPS) is 11.1. The summed E-state index contributed by atoms with van der Waals surface area (Å²) in [4.78, 5) is 40.1. The van der Waals surface area contributed by atoms with Gasteiger partial charge in [0, 0.05) is 18.0 Å². The van der Waals surface area contributed by atoms with E-state index in [0.29, 0.717) is 22.6 Å². The molecule has 29 heavy (non-hydrogen) atoms. The van der Waals surface area contributed by atoms with E-state index in [9.17, 15) is 14.4 Å². The Kier molecular flexibility index (Phi) is 7.96. The third-order valence-electron chi connectivity index (χ3n) is 4.10. The molecule has 9 heteroatoms. The highest BCUT2D eigenvalue weighted by atomic mass is 16.5. The molecular formula is C20H23N3O6. The SMILES string of the molecule is COC(=O)CC(NC(=O)CNC(=O)c1ccncc1)c1ccc(OC)c(OC)c1. The number of amides is 2. The van der Waals surface area contributed by atoms with Crippen molar-refractivity contribution in [2.24, 2.45) is 0 Å². The summed E-state index contributed by atoms with van der Waals surface area (Å²) in [6, 6.07) is 7.46. The van der Waals surface area contributed by atoms with E-state index >= 15 is 0 Å². The lowest BCUT2D eigenvalue weighted by Gasteiger charge is -2.20. The van der Waals surface area contributed by atoms with Gasteiger partial charge in [0.05, 0.1) is 40.3 Å². The molecule has 0 bridgehead atoms. The standard InChI is InChI=1S/C20H23N3O6/c1-27-16-5-4-14(10-17(16)28-2)15(11-19(25)29-3)23-18(24)12-22-20(26)13-6-8-21-9-7-13/h4-10,15H,11-12H2,1-3H3,(H,22,26)(H,23,24). The van der Waals surface area contributed by atoms with E-state index in [1.165, 1.54) is 45.9 Å². The van der Waals surface area contributed by atoms with Gasteiger partial charge in [-0.05, 0) is 29.8 Å². The fourth-order valence-corrected chi connectivity index (χ4v) is 2.58. The summed E-state index contributed by atoms with van der Waals surface area (Å²) in [5.41, 5.74) is 1.01. The Morgan fingerprint density at radius 2 is 1.69 bits per heavy atom. The van der Waals surface area contributed by atoms with Crippen molar-refractivity contribution in [3.63, 3.8) is 0 Å². The average Bonchev–Trinajstić information content (AvgIpc) is 2.76. The van der Waals surface area contributed by atoms with E-state index in [1.807, 2.05) is 0 Å². The summed E-state index contributed by atoms with van der Waals surface area (Å²) >= 11 is 0. The Balaban J connectivity index is 2.09. The van der Waals surface area contributed by atoms with E-state index in [2.05, 4.69) is 15.6 Å². The molecule has 1 unspecified atom stereocenters. The number of hydrogen-bond acceptors (Lipinski definition) is 7. The molecule has 0 aliphatic heterocycles. The first-order valence-electron chi connectivity index (χ1n) is 8.74. The smallest absolute Gasteiger partial charge is 0.307 e. The molecule has 2 aromatic rings. The van der Waals surface area contributed by atoms with Gasteiger partial charge in [-0.15, -0.1) is 0 Å². The van der Waals surface area contributed by atoms with Gasteiger partial charge in [0.1, 0.15) is 0 Å². The minimum atomic E-state index is -0.674. The Morgan fingerprint density at radius 3 is 2.31 bits per heavy atom. The summed E-state index contributed by atoms with van der Waals surface area (Å²) in [7, 11) is 4.27. The van der Waals surface area contributed by atoms with E-state index in [0.717, 1.165) is 0 Å². The molecule has 9 nitrogen and oxygen atoms in total. The first kappa shape index (κ1) is 21.7. The number of pyridine rings is 1. The van der Waals surface area contributed by atoms with Crippen molar-refractivity contribution in [2.75, 3.05) is 27.9 Å². The second-order valence-corrected chi connectivity index (χ2v) is 5.93. The maximum absolute atomic E-state index is 12.4. The predicted octanol–water partition coefficient (Wildman–Crippen LogP) is 1.25. The van der Waals surface area contributed by atoms with Gasteiger partial charge >= 0.3 is 5.97 Å². The molecule has 0 saturated carbocycles. The van der Waals surface area contributed by atoms with Gasteiger partial charge in [0.15, 0.2) is 11.5 Å². The highest BCUT2D eigenvalue weighted by Crippen LogP contribution is 2.31. The lowest BCUT2D eigenvalue weighted by Crippen LogP contribution is -2.39. The van der Waals surface area contributed by atoms with Crippen molar-refractivity contribution in [1.29, 1.82) is 0 Å². The zero-order chi connectivity index (χ0) is 21.2. The zero-order valence-corrected chi connectivity index (χ0v) is 16.4. The number of benzene rings is 1. The van der Waals surface area contributed by atoms with E-state index in [1.54, 1.807) is 18.2 Å². The van der Waals surface area contributed by atoms with Gasteiger partial charge in [-0.25, -0.2) is 0 Å². The number of rotatable bonds is 9. The van der Waals surface area contributed by atoms with Crippen LogP contribution in [0.15, 0.2) is 42.7 Å². The Hall–Kier alpha value is -3.62. The summed E-state index contributed by atoms with van der Waals surface area (Å²) < 4.78 is 15.2. The molecule has 0 aliphatic rings. The molecule has 2 N–H and O–H groups in total. The number of aromatic nitrogens is 1. The summed E-state index contributed by atoms with van der Waals surface area (Å²) in [5, 5.41) is 5.25. The van der Waals surface area contributed by atoms with Crippen LogP contribution in [0.25, 0.3) is 0 Å². The lowest BCUT2D eigenvalue weighted by molar-refractivity contribution is -0.141. The lowest BCUT2D eigenvalue weighted by atomic mass is 10.0. The highest BCUT2D eigenvalue weighted by molar-refractivity contribution is 5.96. The molecule has 154 valence electrons. The van der Waals surface area contributed by atoms with Crippen LogP contribution in [0, 0.1) is 0 Å². The summed E-state index contributed by atoms with van der Waals surface area (Å²) in [6.45, 7) is -0.258. The first-order chi connectivity index (χ1) is 14.0. The zero-order valence-electron chi connectivity index (χ0n) is 16.4. The molecule has 1 aromatic carbocycles. The van der Waals surface area contributed by atoms with E-state index in [4.69, 9.17) is 14.2 Å². The monoisotopic (exact) mass is 401 g/mol. The van der Waals surface area contributed by atoms with Gasteiger partial charge in [0.2, 0.25) is 5.91 Å². The number of ether oxygens (including phenoxy) is 3. The Labute approximate surface area is 168 Å². The van der Waals surface area contributed by atoms with Crippen LogP contribution in [-0.2, 0) is 14.3 Å². The summed E-state index contributed by atoms with van der Waals surface area (Å²) in [5.74, 6) is -0.385. The molecule has 1 atom stereocenters. The fourth-order valence-electron chi connectivity index (χ4n) is 2.58. The third-order valence-corrected chi connectivity index (χ3v) is 4.10. The van der Waals surface area contributed by atoms with Crippen LogP contribution >= 0.6 is 0 Å². The number of carbonyl (C=O) groups is 3. The number of esters is 1. The molecule has 2 amide bonds. The molecular weight excluding hydrogens is 378 g/mol. The minimum Gasteiger partial charge on any atom is -0.493 e. The average molecular weight is 401 g/mol. The molecule has 1 heterocycles. The number of methoxy groups -OCH3 is 3. The van der Waals surface area contributed by atoms with Crippen LogP contribution in [0.5, 0.6) is 11.5 Å². The second kappa shape index (κ2) is 10.6. The third kappa shape index (κ3) is 6.20. The molecule has 2 rings (SSSR count). The maximum atomic E-state index is 12.4. The van der Waals surface area contributed by atoms with E-state index in [-0.39, 0.29) is 13.0 Å². The Bertz CT molecular complexity index is 857. The topological polar surface area (TPSA) is 116 Å². The van der Waals surface area contributed by atoms with Crippen LogP contribution < -0.4 is 20.1 Å². The fraction of sp³-hybridized carbons (Fsp3) is 0.300. The van der Waals surface area contributed by atoms with Crippen molar-refractivity contribution in [1.82, 2.24) is 15.6 Å². The van der Waals surface area contributed by atoms with Gasteiger partial charge < -0.3 is 24.8 Å². The number of nitrogens with zero attached hydrogens (tertiary/aromatic N) is 1. The number of nitrogens with one attached hydrogen (secondary N) is 2. The summed E-state index contributed by atoms with van der Waals surface area (Å²) in [6.07, 6.45) is 2.88. The van der Waals surface area contributed by atoms with Crippen LogP contribution in [0.4, 0.5) is 0 Å². The van der Waals surface area contributed by atoms with Crippen LogP contribution in [-0.4, -0.2) is 50.6 Å². The van der Waals surface area contributed by atoms with E-state index < -0.39 is 23.8 Å². The quantitative estimate of drug-likeness (QED) is 0.608. The minimum absolute atomic E-state index is 0.0873. The molecule has 1 aromatic heterocycles. The Morgan fingerprint density at radius 1 is 1.00 bits per heavy atom. The van der Waals surface area contributed by atoms with Crippen molar-refractivity contribution < 1.29 is 28.6 Å². The molecule has 0 spiro atoms. The first-order valence-corrected chi connectivity index (χ1v) is 8.74. The second-order valence-electron chi connectivity index (χ2n) is 5.93. The van der Waals surface area contributed by atoms with Crippen LogP contribution in [0.3, 0.4) is 0 Å². The van der Waals surface area contributed by atoms with Gasteiger partial charge in [-0.1, -0.05) is 6.07 Å². The van der Waals surface area contributed by atoms with Gasteiger partial charge in [-0.3, -0.25) is 19.4 Å². The van der Waals surface area contributed by atoms with Crippen LogP contribution in [0.2, 0.25) is 0 Å². The highest BCUT2D eigenvalue weighted by Gasteiger charge is 2.21. The maximum Gasteiger partial charge on any atom is 0.307 e. The molecule has 0 saturated heterocycles. The largest absolute Gasteiger partial charge is 0.493 e. The van der Waals surface area contributed by atoms with Crippen molar-refractivity contribution in [2.45, 2.75) is 12.5 Å². The van der Waals surface area contributed by atoms with Gasteiger partial charge in [0.25, 0.3) is 5.91 Å². The predicted molar refractivity (Wildman–Crippen MR) is 104 cm³/mol. The van der Waals surface area contributed by atoms with Crippen molar-refractivity contribution in [3.05, 3.63) is 53.9 Å². The van der Waals surface area contributed by atoms with Crippen molar-refractivity contribution >= 4 is 17.8 Å². The van der Waals surface area contributed by atoms with Gasteiger partial charge in [-0.2, -0.15) is 0 Å². The molecule has 0 aliphatic carbocycles. The molecule has 0 fully saturated rings. The van der Waals surface area contributed by atoms with Crippen molar-refractivity contribution in [3.8, 4) is 11.5 Å². The van der Waals surface area contributed by atoms with Crippen LogP contribution in [0.1, 0.15) is 28.4 Å². The number of carbonyl (C=O) groups excluding carboxylic acids is 3. The number of hydrogen-bond donors (Lipinski definition) is 2. The molecule has 0 radical (unpaired) electrons.